The molecule has 7 nitrogen and oxygen atoms in total. The molecule has 0 saturated carbocycles. The van der Waals surface area contributed by atoms with Gasteiger partial charge in [-0.1, -0.05) is 6.07 Å². The van der Waals surface area contributed by atoms with E-state index in [-0.39, 0.29) is 11.7 Å². The lowest BCUT2D eigenvalue weighted by atomic mass is 9.86. The van der Waals surface area contributed by atoms with E-state index in [1.54, 1.807) is 51.7 Å². The van der Waals surface area contributed by atoms with Crippen LogP contribution in [0.15, 0.2) is 54.6 Å². The molecule has 0 N–H and O–H groups in total. The number of carbonyl (C=O) groups is 1. The van der Waals surface area contributed by atoms with Gasteiger partial charge in [0.15, 0.2) is 5.78 Å². The maximum atomic E-state index is 13.2. The van der Waals surface area contributed by atoms with Crippen molar-refractivity contribution >= 4 is 17.9 Å². The number of ether oxygens (including phenoxy) is 6. The Morgan fingerprint density at radius 2 is 1.60 bits per heavy atom. The van der Waals surface area contributed by atoms with Crippen LogP contribution >= 0.6 is 0 Å². The van der Waals surface area contributed by atoms with Crippen LogP contribution in [-0.4, -0.2) is 46.4 Å². The summed E-state index contributed by atoms with van der Waals surface area (Å²) in [5, 5.41) is 0. The van der Waals surface area contributed by atoms with E-state index in [1.165, 1.54) is 7.11 Å². The topological polar surface area (TPSA) is 72.5 Å². The zero-order valence-electron chi connectivity index (χ0n) is 23.7. The summed E-state index contributed by atoms with van der Waals surface area (Å²) in [5.74, 6) is 3.97. The van der Waals surface area contributed by atoms with Crippen LogP contribution in [-0.2, 0) is 6.42 Å². The lowest BCUT2D eigenvalue weighted by Crippen LogP contribution is -2.29. The van der Waals surface area contributed by atoms with Gasteiger partial charge in [-0.2, -0.15) is 0 Å². The highest BCUT2D eigenvalue weighted by atomic mass is 16.5. The van der Waals surface area contributed by atoms with Crippen LogP contribution in [0.4, 0.5) is 0 Å². The van der Waals surface area contributed by atoms with Gasteiger partial charge in [0, 0.05) is 29.2 Å². The lowest BCUT2D eigenvalue weighted by Gasteiger charge is -2.34. The van der Waals surface area contributed by atoms with Gasteiger partial charge in [-0.25, -0.2) is 0 Å². The van der Waals surface area contributed by atoms with Gasteiger partial charge in [0.1, 0.15) is 40.1 Å². The van der Waals surface area contributed by atoms with Gasteiger partial charge in [-0.05, 0) is 74.4 Å². The summed E-state index contributed by atoms with van der Waals surface area (Å²) in [6.07, 6.45) is 8.17. The van der Waals surface area contributed by atoms with E-state index in [1.807, 2.05) is 38.1 Å². The molecule has 0 spiro atoms. The summed E-state index contributed by atoms with van der Waals surface area (Å²) in [4.78, 5) is 13.2. The molecule has 2 aliphatic heterocycles. The molecule has 0 aromatic heterocycles. The number of hydrogen-bond acceptors (Lipinski definition) is 7. The van der Waals surface area contributed by atoms with Crippen molar-refractivity contribution in [2.24, 2.45) is 0 Å². The first kappa shape index (κ1) is 27.2. The molecule has 0 saturated heterocycles. The fourth-order valence-electron chi connectivity index (χ4n) is 5.16. The number of allylic oxidation sites excluding steroid dienone is 1. The van der Waals surface area contributed by atoms with Crippen molar-refractivity contribution in [3.8, 4) is 34.5 Å². The summed E-state index contributed by atoms with van der Waals surface area (Å²) in [6.45, 7) is 4.50. The Morgan fingerprint density at radius 3 is 2.30 bits per heavy atom. The number of fused-ring (bicyclic) bond motifs is 3. The molecule has 0 fully saturated rings. The van der Waals surface area contributed by atoms with Gasteiger partial charge in [0.2, 0.25) is 0 Å². The molecule has 0 radical (unpaired) electrons. The molecule has 0 amide bonds. The molecule has 5 rings (SSSR count). The minimum absolute atomic E-state index is 0.0818. The van der Waals surface area contributed by atoms with Crippen molar-refractivity contribution in [2.75, 3.05) is 35.0 Å². The van der Waals surface area contributed by atoms with Gasteiger partial charge in [-0.15, -0.1) is 0 Å². The van der Waals surface area contributed by atoms with E-state index in [0.29, 0.717) is 29.4 Å². The zero-order valence-corrected chi connectivity index (χ0v) is 23.7. The molecule has 7 heteroatoms. The molecule has 208 valence electrons. The fourth-order valence-corrected chi connectivity index (χ4v) is 5.16. The summed E-state index contributed by atoms with van der Waals surface area (Å²) in [6, 6.07) is 13.1. The Bertz CT molecular complexity index is 1500. The molecule has 2 heterocycles. The van der Waals surface area contributed by atoms with E-state index < -0.39 is 5.60 Å². The quantitative estimate of drug-likeness (QED) is 0.237. The summed E-state index contributed by atoms with van der Waals surface area (Å²) in [5.41, 5.74) is 3.72. The maximum Gasteiger partial charge on any atom is 0.189 e. The summed E-state index contributed by atoms with van der Waals surface area (Å²) in [7, 11) is 6.41. The number of methoxy groups -OCH3 is 4. The normalized spacial score (nSPS) is 16.8. The van der Waals surface area contributed by atoms with Crippen molar-refractivity contribution < 1.29 is 33.2 Å². The third-order valence-corrected chi connectivity index (χ3v) is 7.25. The Hall–Kier alpha value is -4.39. The van der Waals surface area contributed by atoms with Crippen molar-refractivity contribution in [3.63, 3.8) is 0 Å². The highest BCUT2D eigenvalue weighted by Crippen LogP contribution is 2.47. The van der Waals surface area contributed by atoms with E-state index in [2.05, 4.69) is 12.1 Å². The summed E-state index contributed by atoms with van der Waals surface area (Å²) < 4.78 is 34.5. The Balaban J connectivity index is 1.52. The molecule has 0 aliphatic carbocycles. The number of benzene rings is 3. The monoisotopic (exact) mass is 542 g/mol. The van der Waals surface area contributed by atoms with Gasteiger partial charge < -0.3 is 28.4 Å². The predicted octanol–water partition coefficient (Wildman–Crippen LogP) is 6.52. The molecule has 2 aliphatic rings. The lowest BCUT2D eigenvalue weighted by molar-refractivity contribution is 0.104. The SMILES string of the molecule is COc1ccc(C(=O)/C=C/c2cc3c(c4c2OC(C)(C)C=C4)OC[C@@H](c2ccc(OC)cc2OC)C3)c(OC)c1. The molecule has 3 aromatic rings. The van der Waals surface area contributed by atoms with Crippen molar-refractivity contribution in [1.82, 2.24) is 0 Å². The Kier molecular flexibility index (Phi) is 7.48. The average molecular weight is 543 g/mol. The van der Waals surface area contributed by atoms with Crippen molar-refractivity contribution in [3.05, 3.63) is 82.4 Å². The molecular formula is C33H34O7. The standard InChI is InChI=1S/C33H34O7/c1-33(2)14-13-27-31-21(16-22(19-39-31)25-10-8-23(35-3)17-29(25)37-5)15-20(32(27)40-33)7-12-28(34)26-11-9-24(36-4)18-30(26)38-6/h7-15,17-18,22H,16,19H2,1-6H3/b12-7+/t22-/m0/s1. The smallest absolute Gasteiger partial charge is 0.189 e. The Labute approximate surface area is 234 Å². The highest BCUT2D eigenvalue weighted by Gasteiger charge is 2.32. The third-order valence-electron chi connectivity index (χ3n) is 7.25. The minimum atomic E-state index is -0.499. The average Bonchev–Trinajstić information content (AvgIpc) is 2.98. The van der Waals surface area contributed by atoms with Crippen LogP contribution in [0.1, 0.15) is 52.4 Å². The second-order valence-corrected chi connectivity index (χ2v) is 10.3. The fraction of sp³-hybridized carbons (Fsp3) is 0.303. The van der Waals surface area contributed by atoms with Crippen LogP contribution in [0.3, 0.4) is 0 Å². The van der Waals surface area contributed by atoms with Crippen LogP contribution in [0, 0.1) is 0 Å². The van der Waals surface area contributed by atoms with Gasteiger partial charge in [0.25, 0.3) is 0 Å². The second-order valence-electron chi connectivity index (χ2n) is 10.3. The van der Waals surface area contributed by atoms with E-state index in [0.717, 1.165) is 45.9 Å². The third kappa shape index (κ3) is 5.24. The van der Waals surface area contributed by atoms with Crippen LogP contribution in [0.2, 0.25) is 0 Å². The molecule has 0 bridgehead atoms. The highest BCUT2D eigenvalue weighted by molar-refractivity contribution is 6.09. The number of hydrogen-bond donors (Lipinski definition) is 0. The molecule has 3 aromatic carbocycles. The van der Waals surface area contributed by atoms with E-state index >= 15 is 0 Å². The Morgan fingerprint density at radius 1 is 0.900 bits per heavy atom. The largest absolute Gasteiger partial charge is 0.497 e. The second kappa shape index (κ2) is 11.0. The first-order chi connectivity index (χ1) is 19.3. The van der Waals surface area contributed by atoms with Crippen molar-refractivity contribution in [2.45, 2.75) is 31.8 Å². The number of rotatable bonds is 8. The molecule has 40 heavy (non-hydrogen) atoms. The minimum Gasteiger partial charge on any atom is -0.497 e. The summed E-state index contributed by atoms with van der Waals surface area (Å²) >= 11 is 0. The zero-order chi connectivity index (χ0) is 28.4. The maximum absolute atomic E-state index is 13.2. The van der Waals surface area contributed by atoms with Crippen molar-refractivity contribution in [1.29, 1.82) is 0 Å². The van der Waals surface area contributed by atoms with Crippen LogP contribution < -0.4 is 28.4 Å². The predicted molar refractivity (Wildman–Crippen MR) is 155 cm³/mol. The molecule has 0 unspecified atom stereocenters. The molecular weight excluding hydrogens is 508 g/mol. The molecule has 1 atom stereocenters. The number of carbonyl (C=O) groups excluding carboxylic acids is 1. The van der Waals surface area contributed by atoms with Crippen LogP contribution in [0.5, 0.6) is 34.5 Å². The van der Waals surface area contributed by atoms with Crippen LogP contribution in [0.25, 0.3) is 12.2 Å². The number of ketones is 1. The van der Waals surface area contributed by atoms with Gasteiger partial charge in [0.05, 0.1) is 46.2 Å². The first-order valence-corrected chi connectivity index (χ1v) is 13.1. The van der Waals surface area contributed by atoms with E-state index in [4.69, 9.17) is 28.4 Å². The van der Waals surface area contributed by atoms with Gasteiger partial charge in [-0.3, -0.25) is 4.79 Å². The van der Waals surface area contributed by atoms with Gasteiger partial charge >= 0.3 is 0 Å². The van der Waals surface area contributed by atoms with E-state index in [9.17, 15) is 4.79 Å². The first-order valence-electron chi connectivity index (χ1n) is 13.1.